The van der Waals surface area contributed by atoms with E-state index in [1.807, 2.05) is 0 Å². The highest BCUT2D eigenvalue weighted by atomic mass is 19.3. The molecule has 0 bridgehead atoms. The van der Waals surface area contributed by atoms with Gasteiger partial charge in [0, 0.05) is 19.1 Å². The van der Waals surface area contributed by atoms with E-state index in [2.05, 4.69) is 10.3 Å². The van der Waals surface area contributed by atoms with Crippen molar-refractivity contribution >= 4 is 5.97 Å². The van der Waals surface area contributed by atoms with Crippen LogP contribution >= 0.6 is 0 Å². The molecule has 1 N–H and O–H groups in total. The Balaban J connectivity index is 2.23. The van der Waals surface area contributed by atoms with Gasteiger partial charge >= 0.3 is 5.97 Å². The Morgan fingerprint density at radius 3 is 2.94 bits per heavy atom. The first kappa shape index (κ1) is 11.9. The van der Waals surface area contributed by atoms with Gasteiger partial charge in [-0.15, -0.1) is 5.10 Å². The van der Waals surface area contributed by atoms with Crippen LogP contribution < -0.4 is 0 Å². The second-order valence-electron chi connectivity index (χ2n) is 3.84. The van der Waals surface area contributed by atoms with E-state index in [-0.39, 0.29) is 12.5 Å². The molecular formula is C9H11F2N3O3. The van der Waals surface area contributed by atoms with E-state index in [1.165, 1.54) is 0 Å². The van der Waals surface area contributed by atoms with Crippen molar-refractivity contribution in [2.75, 3.05) is 13.2 Å². The third-order valence-corrected chi connectivity index (χ3v) is 2.64. The average Bonchev–Trinajstić information content (AvgIpc) is 2.86. The maximum atomic E-state index is 12.8. The van der Waals surface area contributed by atoms with Gasteiger partial charge in [-0.25, -0.2) is 18.3 Å². The first-order chi connectivity index (χ1) is 8.09. The number of halogens is 2. The number of carboxylic acids is 1. The molecule has 1 aliphatic heterocycles. The van der Waals surface area contributed by atoms with E-state index >= 15 is 0 Å². The fraction of sp³-hybridized carbons (Fsp3) is 0.667. The zero-order valence-electron chi connectivity index (χ0n) is 8.84. The first-order valence-electron chi connectivity index (χ1n) is 5.12. The van der Waals surface area contributed by atoms with Crippen LogP contribution in [-0.2, 0) is 11.3 Å². The highest BCUT2D eigenvalue weighted by Gasteiger charge is 2.28. The molecule has 1 aliphatic rings. The minimum atomic E-state index is -2.90. The molecule has 1 unspecified atom stereocenters. The lowest BCUT2D eigenvalue weighted by atomic mass is 10.1. The monoisotopic (exact) mass is 247 g/mol. The third kappa shape index (κ3) is 2.41. The molecule has 94 valence electrons. The minimum Gasteiger partial charge on any atom is -0.476 e. The summed E-state index contributed by atoms with van der Waals surface area (Å²) in [6, 6.07) is 0. The first-order valence-corrected chi connectivity index (χ1v) is 5.12. The van der Waals surface area contributed by atoms with Crippen LogP contribution in [0.3, 0.4) is 0 Å². The van der Waals surface area contributed by atoms with E-state index in [9.17, 15) is 13.6 Å². The molecule has 17 heavy (non-hydrogen) atoms. The number of aromatic carboxylic acids is 1. The topological polar surface area (TPSA) is 77.2 Å². The quantitative estimate of drug-likeness (QED) is 0.857. The highest BCUT2D eigenvalue weighted by molar-refractivity contribution is 5.86. The van der Waals surface area contributed by atoms with Crippen molar-refractivity contribution in [1.29, 1.82) is 0 Å². The van der Waals surface area contributed by atoms with Crippen molar-refractivity contribution < 1.29 is 23.4 Å². The summed E-state index contributed by atoms with van der Waals surface area (Å²) in [7, 11) is 0. The molecule has 6 nitrogen and oxygen atoms in total. The lowest BCUT2D eigenvalue weighted by Gasteiger charge is -2.09. The highest BCUT2D eigenvalue weighted by Crippen LogP contribution is 2.23. The Morgan fingerprint density at radius 1 is 1.65 bits per heavy atom. The lowest BCUT2D eigenvalue weighted by Crippen LogP contribution is -2.15. The summed E-state index contributed by atoms with van der Waals surface area (Å²) in [5.74, 6) is -1.41. The summed E-state index contributed by atoms with van der Waals surface area (Å²) in [6.45, 7) is 1.28. The van der Waals surface area contributed by atoms with Gasteiger partial charge in [0.15, 0.2) is 5.69 Å². The number of carbonyl (C=O) groups is 1. The zero-order valence-corrected chi connectivity index (χ0v) is 8.84. The van der Waals surface area contributed by atoms with E-state index in [0.29, 0.717) is 13.2 Å². The number of rotatable bonds is 4. The van der Waals surface area contributed by atoms with Gasteiger partial charge < -0.3 is 9.84 Å². The number of aromatic nitrogens is 3. The van der Waals surface area contributed by atoms with Crippen molar-refractivity contribution in [3.8, 4) is 0 Å². The largest absolute Gasteiger partial charge is 0.476 e. The molecule has 1 aromatic heterocycles. The van der Waals surface area contributed by atoms with Crippen molar-refractivity contribution in [2.45, 2.75) is 19.4 Å². The van der Waals surface area contributed by atoms with E-state index in [4.69, 9.17) is 9.84 Å². The van der Waals surface area contributed by atoms with Crippen LogP contribution in [0.2, 0.25) is 0 Å². The second kappa shape index (κ2) is 4.74. The van der Waals surface area contributed by atoms with Crippen molar-refractivity contribution in [3.05, 3.63) is 11.4 Å². The standard InChI is InChI=1S/C9H11F2N3O3/c10-8(11)7-6(9(15)16)12-13-14(7)3-5-1-2-17-4-5/h5,8H,1-4H2,(H,15,16). The maximum Gasteiger partial charge on any atom is 0.358 e. The van der Waals surface area contributed by atoms with Crippen LogP contribution in [0.4, 0.5) is 8.78 Å². The van der Waals surface area contributed by atoms with Gasteiger partial charge in [0.05, 0.1) is 6.61 Å². The van der Waals surface area contributed by atoms with Gasteiger partial charge in [0.1, 0.15) is 5.69 Å². The van der Waals surface area contributed by atoms with Crippen LogP contribution in [0.1, 0.15) is 29.0 Å². The molecule has 2 rings (SSSR count). The number of ether oxygens (including phenoxy) is 1. The van der Waals surface area contributed by atoms with Crippen molar-refractivity contribution in [2.24, 2.45) is 5.92 Å². The molecule has 0 saturated carbocycles. The summed E-state index contributed by atoms with van der Waals surface area (Å²) in [6.07, 6.45) is -2.15. The summed E-state index contributed by atoms with van der Waals surface area (Å²) < 4.78 is 31.6. The normalized spacial score (nSPS) is 20.1. The van der Waals surface area contributed by atoms with Crippen molar-refractivity contribution in [1.82, 2.24) is 15.0 Å². The van der Waals surface area contributed by atoms with Gasteiger partial charge in [-0.05, 0) is 6.42 Å². The fourth-order valence-electron chi connectivity index (χ4n) is 1.80. The minimum absolute atomic E-state index is 0.0795. The molecule has 1 aromatic rings. The molecule has 1 fully saturated rings. The second-order valence-corrected chi connectivity index (χ2v) is 3.84. The Bertz CT molecular complexity index is 416. The van der Waals surface area contributed by atoms with Crippen LogP contribution in [0, 0.1) is 5.92 Å². The molecule has 0 amide bonds. The van der Waals surface area contributed by atoms with Crippen LogP contribution in [0.25, 0.3) is 0 Å². The van der Waals surface area contributed by atoms with Gasteiger partial charge in [-0.2, -0.15) is 0 Å². The van der Waals surface area contributed by atoms with E-state index in [0.717, 1.165) is 11.1 Å². The van der Waals surface area contributed by atoms with Crippen molar-refractivity contribution in [3.63, 3.8) is 0 Å². The predicted octanol–water partition coefficient (Wildman–Crippen LogP) is 0.950. The SMILES string of the molecule is O=C(O)c1nnn(CC2CCOC2)c1C(F)F. The Kier molecular flexibility index (Phi) is 3.32. The average molecular weight is 247 g/mol. The van der Waals surface area contributed by atoms with Crippen LogP contribution in [-0.4, -0.2) is 39.3 Å². The summed E-state index contributed by atoms with van der Waals surface area (Å²) in [4.78, 5) is 10.7. The van der Waals surface area contributed by atoms with Crippen LogP contribution in [0.15, 0.2) is 0 Å². The summed E-state index contributed by atoms with van der Waals surface area (Å²) in [5.41, 5.74) is -1.32. The lowest BCUT2D eigenvalue weighted by molar-refractivity contribution is 0.0675. The Labute approximate surface area is 95.2 Å². The number of hydrogen-bond acceptors (Lipinski definition) is 4. The zero-order chi connectivity index (χ0) is 12.4. The van der Waals surface area contributed by atoms with Gasteiger partial charge in [0.25, 0.3) is 6.43 Å². The van der Waals surface area contributed by atoms with Crippen LogP contribution in [0.5, 0.6) is 0 Å². The molecule has 0 radical (unpaired) electrons. The Hall–Kier alpha value is -1.57. The Morgan fingerprint density at radius 2 is 2.41 bits per heavy atom. The van der Waals surface area contributed by atoms with Gasteiger partial charge in [0.2, 0.25) is 0 Å². The summed E-state index contributed by atoms with van der Waals surface area (Å²) >= 11 is 0. The molecule has 1 saturated heterocycles. The third-order valence-electron chi connectivity index (χ3n) is 2.64. The number of alkyl halides is 2. The predicted molar refractivity (Wildman–Crippen MR) is 50.9 cm³/mol. The smallest absolute Gasteiger partial charge is 0.358 e. The number of hydrogen-bond donors (Lipinski definition) is 1. The molecule has 0 aromatic carbocycles. The van der Waals surface area contributed by atoms with Gasteiger partial charge in [-0.1, -0.05) is 5.21 Å². The fourth-order valence-corrected chi connectivity index (χ4v) is 1.80. The molecule has 0 aliphatic carbocycles. The number of nitrogens with zero attached hydrogens (tertiary/aromatic N) is 3. The molecule has 1 atom stereocenters. The maximum absolute atomic E-state index is 12.8. The molecule has 8 heteroatoms. The molecule has 0 spiro atoms. The number of carboxylic acid groups (broad SMARTS) is 1. The van der Waals surface area contributed by atoms with Gasteiger partial charge in [-0.3, -0.25) is 0 Å². The summed E-state index contributed by atoms with van der Waals surface area (Å²) in [5, 5.41) is 15.5. The van der Waals surface area contributed by atoms with E-state index in [1.54, 1.807) is 0 Å². The molecule has 2 heterocycles. The van der Waals surface area contributed by atoms with E-state index < -0.39 is 23.8 Å². The molecular weight excluding hydrogens is 236 g/mol.